The van der Waals surface area contributed by atoms with Gasteiger partial charge in [0.2, 0.25) is 0 Å². The quantitative estimate of drug-likeness (QED) is 0.507. The molecular weight excluding hydrogens is 209 g/mol. The number of hydrogen-bond acceptors (Lipinski definition) is 0. The Hall–Kier alpha value is 0.0639. The van der Waals surface area contributed by atoms with Crippen molar-refractivity contribution in [2.75, 3.05) is 0 Å². The Bertz CT molecular complexity index is 185. The van der Waals surface area contributed by atoms with E-state index in [0.717, 1.165) is 11.1 Å². The molecule has 0 aliphatic carbocycles. The molecule has 0 aliphatic heterocycles. The van der Waals surface area contributed by atoms with Gasteiger partial charge < -0.3 is 17.2 Å². The van der Waals surface area contributed by atoms with Crippen LogP contribution in [0, 0.1) is 12.2 Å². The fourth-order valence-corrected chi connectivity index (χ4v) is 0.419. The maximum absolute atomic E-state index is 3.77. The minimum Gasteiger partial charge on any atom is -0.327 e. The van der Waals surface area contributed by atoms with E-state index in [4.69, 9.17) is 0 Å². The van der Waals surface area contributed by atoms with E-state index in [9.17, 15) is 0 Å². The minimum atomic E-state index is 0. The van der Waals surface area contributed by atoms with Crippen LogP contribution in [0.3, 0.4) is 0 Å². The SMILES string of the molecule is C=CC=[C-]C(=C)C(C)=[C-]C.[Y]. The second-order valence-corrected chi connectivity index (χ2v) is 1.90. The first-order valence-electron chi connectivity index (χ1n) is 3.13. The first-order chi connectivity index (χ1) is 4.72. The van der Waals surface area contributed by atoms with Crippen LogP contribution in [0.1, 0.15) is 13.8 Å². The average Bonchev–Trinajstić information content (AvgIpc) is 1.98. The summed E-state index contributed by atoms with van der Waals surface area (Å²) in [5, 5.41) is 0. The van der Waals surface area contributed by atoms with E-state index in [0.29, 0.717) is 0 Å². The number of hydrogen-bond donors (Lipinski definition) is 0. The van der Waals surface area contributed by atoms with Gasteiger partial charge in [0.1, 0.15) is 0 Å². The number of rotatable bonds is 3. The van der Waals surface area contributed by atoms with Crippen molar-refractivity contribution in [3.8, 4) is 0 Å². The van der Waals surface area contributed by atoms with Crippen LogP contribution in [0.4, 0.5) is 0 Å². The molecule has 0 saturated carbocycles. The molecule has 1 heteroatoms. The van der Waals surface area contributed by atoms with Crippen molar-refractivity contribution in [3.05, 3.63) is 48.6 Å². The van der Waals surface area contributed by atoms with Crippen LogP contribution < -0.4 is 0 Å². The molecule has 0 rings (SSSR count). The molecule has 0 aromatic rings. The van der Waals surface area contributed by atoms with Gasteiger partial charge in [-0.05, 0) is 0 Å². The van der Waals surface area contributed by atoms with Gasteiger partial charge in [-0.15, -0.1) is 26.5 Å². The summed E-state index contributed by atoms with van der Waals surface area (Å²) < 4.78 is 0. The molecule has 0 N–H and O–H groups in total. The van der Waals surface area contributed by atoms with E-state index in [-0.39, 0.29) is 32.7 Å². The molecule has 0 bridgehead atoms. The van der Waals surface area contributed by atoms with Crippen LogP contribution in [0.15, 0.2) is 36.5 Å². The minimum absolute atomic E-state index is 0. The van der Waals surface area contributed by atoms with E-state index < -0.39 is 0 Å². The Kier molecular flexibility index (Phi) is 10.1. The Morgan fingerprint density at radius 1 is 1.45 bits per heavy atom. The van der Waals surface area contributed by atoms with Crippen LogP contribution in [0.25, 0.3) is 0 Å². The summed E-state index contributed by atoms with van der Waals surface area (Å²) in [6.07, 6.45) is 9.33. The van der Waals surface area contributed by atoms with E-state index in [1.165, 1.54) is 0 Å². The van der Waals surface area contributed by atoms with Crippen molar-refractivity contribution in [1.29, 1.82) is 0 Å². The molecule has 0 unspecified atom stereocenters. The van der Waals surface area contributed by atoms with Gasteiger partial charge in [-0.3, -0.25) is 6.58 Å². The third-order valence-corrected chi connectivity index (χ3v) is 1.20. The van der Waals surface area contributed by atoms with Gasteiger partial charge in [-0.1, -0.05) is 0 Å². The summed E-state index contributed by atoms with van der Waals surface area (Å²) in [6, 6.07) is 0. The predicted octanol–water partition coefficient (Wildman–Crippen LogP) is 2.85. The van der Waals surface area contributed by atoms with Gasteiger partial charge in [0.15, 0.2) is 0 Å². The first kappa shape index (κ1) is 13.6. The predicted molar refractivity (Wildman–Crippen MR) is 45.3 cm³/mol. The van der Waals surface area contributed by atoms with Crippen LogP contribution in [0.2, 0.25) is 0 Å². The molecule has 0 aliphatic rings. The third-order valence-electron chi connectivity index (χ3n) is 1.20. The molecule has 0 heterocycles. The first-order valence-corrected chi connectivity index (χ1v) is 3.13. The molecular formula is C10H12Y-2. The van der Waals surface area contributed by atoms with Crippen LogP contribution in [-0.4, -0.2) is 0 Å². The second-order valence-electron chi connectivity index (χ2n) is 1.90. The molecule has 0 spiro atoms. The van der Waals surface area contributed by atoms with Crippen molar-refractivity contribution in [3.63, 3.8) is 0 Å². The van der Waals surface area contributed by atoms with Gasteiger partial charge in [-0.25, -0.2) is 6.08 Å². The van der Waals surface area contributed by atoms with E-state index in [1.807, 2.05) is 13.8 Å². The fourth-order valence-electron chi connectivity index (χ4n) is 0.419. The van der Waals surface area contributed by atoms with Crippen LogP contribution in [0.5, 0.6) is 0 Å². The summed E-state index contributed by atoms with van der Waals surface area (Å²) in [4.78, 5) is 0. The zero-order chi connectivity index (χ0) is 7.98. The number of allylic oxidation sites excluding steroid dienone is 6. The van der Waals surface area contributed by atoms with Crippen molar-refractivity contribution < 1.29 is 32.7 Å². The topological polar surface area (TPSA) is 0 Å². The zero-order valence-corrected chi connectivity index (χ0v) is 9.98. The summed E-state index contributed by atoms with van der Waals surface area (Å²) in [7, 11) is 0. The standard InChI is InChI=1S/C10H12.Y/c1-5-7-8-10(4)9(3)6-2;/h5,7H,1,4H2,2-3H3;/q-2;. The maximum atomic E-state index is 3.77. The average molecular weight is 221 g/mol. The third kappa shape index (κ3) is 6.46. The summed E-state index contributed by atoms with van der Waals surface area (Å²) in [5.74, 6) is 0. The van der Waals surface area contributed by atoms with Gasteiger partial charge in [0, 0.05) is 32.7 Å². The van der Waals surface area contributed by atoms with Gasteiger partial charge in [0.05, 0.1) is 0 Å². The van der Waals surface area contributed by atoms with Gasteiger partial charge >= 0.3 is 0 Å². The molecule has 11 heavy (non-hydrogen) atoms. The van der Waals surface area contributed by atoms with Crippen molar-refractivity contribution in [2.24, 2.45) is 0 Å². The zero-order valence-electron chi connectivity index (χ0n) is 7.15. The molecule has 0 fully saturated rings. The van der Waals surface area contributed by atoms with E-state index >= 15 is 0 Å². The van der Waals surface area contributed by atoms with E-state index in [2.05, 4.69) is 25.3 Å². The Labute approximate surface area is 94.6 Å². The van der Waals surface area contributed by atoms with Gasteiger partial charge in [0.25, 0.3) is 0 Å². The smallest absolute Gasteiger partial charge is 0 e. The summed E-state index contributed by atoms with van der Waals surface area (Å²) >= 11 is 0. The molecule has 0 amide bonds. The monoisotopic (exact) mass is 221 g/mol. The van der Waals surface area contributed by atoms with Crippen molar-refractivity contribution >= 4 is 0 Å². The van der Waals surface area contributed by atoms with Crippen LogP contribution in [-0.2, 0) is 32.7 Å². The molecule has 0 aromatic heterocycles. The molecule has 0 aromatic carbocycles. The largest absolute Gasteiger partial charge is 0.327 e. The summed E-state index contributed by atoms with van der Waals surface area (Å²) in [5.41, 5.74) is 1.89. The van der Waals surface area contributed by atoms with Crippen molar-refractivity contribution in [2.45, 2.75) is 13.8 Å². The van der Waals surface area contributed by atoms with Gasteiger partial charge in [-0.2, -0.15) is 6.08 Å². The normalized spacial score (nSPS) is 10.9. The Morgan fingerprint density at radius 2 is 2.00 bits per heavy atom. The fraction of sp³-hybridized carbons (Fsp3) is 0.200. The summed E-state index contributed by atoms with van der Waals surface area (Å²) in [6.45, 7) is 11.1. The Balaban J connectivity index is 0. The molecule has 0 nitrogen and oxygen atoms in total. The molecule has 0 atom stereocenters. The van der Waals surface area contributed by atoms with E-state index in [1.54, 1.807) is 12.2 Å². The molecule has 1 radical (unpaired) electrons. The molecule has 57 valence electrons. The molecule has 0 saturated heterocycles. The van der Waals surface area contributed by atoms with Crippen LogP contribution >= 0.6 is 0 Å². The second kappa shape index (κ2) is 8.16. The maximum Gasteiger partial charge on any atom is 0 e. The van der Waals surface area contributed by atoms with Crippen molar-refractivity contribution in [1.82, 2.24) is 0 Å². The Morgan fingerprint density at radius 3 is 2.36 bits per heavy atom.